The molecule has 0 heterocycles. The molecule has 0 aliphatic heterocycles. The summed E-state index contributed by atoms with van der Waals surface area (Å²) in [6.45, 7) is 1.79. The highest BCUT2D eigenvalue weighted by molar-refractivity contribution is 5.74. The molecule has 0 bridgehead atoms. The molecule has 3 N–H and O–H groups in total. The first-order valence-electron chi connectivity index (χ1n) is 4.03. The highest BCUT2D eigenvalue weighted by Gasteiger charge is 2.37. The summed E-state index contributed by atoms with van der Waals surface area (Å²) in [6.07, 6.45) is 3.32. The molecule has 0 saturated heterocycles. The number of hydrogen-bond donors (Lipinski definition) is 2. The van der Waals surface area contributed by atoms with Crippen LogP contribution >= 0.6 is 0 Å². The van der Waals surface area contributed by atoms with Crippen LogP contribution in [0.5, 0.6) is 0 Å². The summed E-state index contributed by atoms with van der Waals surface area (Å²) in [5, 5.41) is 8.86. The van der Waals surface area contributed by atoms with E-state index in [-0.39, 0.29) is 6.04 Å². The Morgan fingerprint density at radius 3 is 2.73 bits per heavy atom. The van der Waals surface area contributed by atoms with Gasteiger partial charge in [-0.05, 0) is 26.2 Å². The van der Waals surface area contributed by atoms with Crippen LogP contribution in [0.15, 0.2) is 0 Å². The highest BCUT2D eigenvalue weighted by Crippen LogP contribution is 2.35. The van der Waals surface area contributed by atoms with Crippen molar-refractivity contribution in [3.8, 4) is 0 Å². The van der Waals surface area contributed by atoms with Gasteiger partial charge in [-0.3, -0.25) is 4.79 Å². The van der Waals surface area contributed by atoms with Gasteiger partial charge >= 0.3 is 5.97 Å². The maximum Gasteiger partial charge on any atom is 0.309 e. The molecule has 1 aliphatic carbocycles. The van der Waals surface area contributed by atoms with Crippen LogP contribution in [-0.2, 0) is 4.79 Å². The Labute approximate surface area is 66.6 Å². The quantitative estimate of drug-likeness (QED) is 0.596. The number of aliphatic carboxylic acids is 1. The molecule has 0 aromatic heterocycles. The molecule has 3 heteroatoms. The maximum atomic E-state index is 10.8. The Morgan fingerprint density at radius 2 is 2.36 bits per heavy atom. The number of hydrogen-bond acceptors (Lipinski definition) is 2. The van der Waals surface area contributed by atoms with Crippen molar-refractivity contribution in [3.63, 3.8) is 0 Å². The van der Waals surface area contributed by atoms with E-state index in [0.29, 0.717) is 6.42 Å². The Kier molecular flexibility index (Phi) is 2.18. The molecule has 1 saturated carbocycles. The van der Waals surface area contributed by atoms with Crippen molar-refractivity contribution in [2.24, 2.45) is 11.1 Å². The molecule has 3 nitrogen and oxygen atoms in total. The van der Waals surface area contributed by atoms with Crippen molar-refractivity contribution in [1.29, 1.82) is 0 Å². The minimum absolute atomic E-state index is 0.0878. The average Bonchev–Trinajstić information content (AvgIpc) is 1.86. The van der Waals surface area contributed by atoms with Gasteiger partial charge in [0.15, 0.2) is 0 Å². The molecule has 0 aromatic carbocycles. The molecule has 1 rings (SSSR count). The van der Waals surface area contributed by atoms with Crippen molar-refractivity contribution in [2.75, 3.05) is 0 Å². The van der Waals surface area contributed by atoms with Crippen molar-refractivity contribution in [1.82, 2.24) is 0 Å². The van der Waals surface area contributed by atoms with Crippen LogP contribution in [0.25, 0.3) is 0 Å². The lowest BCUT2D eigenvalue weighted by Gasteiger charge is -2.32. The van der Waals surface area contributed by atoms with Gasteiger partial charge in [0.1, 0.15) is 0 Å². The topological polar surface area (TPSA) is 63.3 Å². The fourth-order valence-electron chi connectivity index (χ4n) is 1.73. The number of nitrogens with two attached hydrogens (primary N) is 1. The standard InChI is InChI=1S/C8H15NO2/c1-8(7(10)11)4-2-3-6(9)5-8/h6H,2-5,9H2,1H3,(H,10,11)/t6?,8-/m0/s1. The summed E-state index contributed by atoms with van der Waals surface area (Å²) in [5.41, 5.74) is 5.13. The van der Waals surface area contributed by atoms with Gasteiger partial charge in [-0.25, -0.2) is 0 Å². The zero-order valence-electron chi connectivity index (χ0n) is 6.84. The number of carbonyl (C=O) groups is 1. The lowest BCUT2D eigenvalue weighted by Crippen LogP contribution is -2.39. The molecule has 0 radical (unpaired) electrons. The minimum Gasteiger partial charge on any atom is -0.481 e. The van der Waals surface area contributed by atoms with Gasteiger partial charge in [0, 0.05) is 6.04 Å². The summed E-state index contributed by atoms with van der Waals surface area (Å²) < 4.78 is 0. The molecule has 1 fully saturated rings. The van der Waals surface area contributed by atoms with Crippen molar-refractivity contribution in [3.05, 3.63) is 0 Å². The number of carboxylic acids is 1. The van der Waals surface area contributed by atoms with Crippen molar-refractivity contribution < 1.29 is 9.90 Å². The monoisotopic (exact) mass is 157 g/mol. The molecule has 64 valence electrons. The normalized spacial score (nSPS) is 38.5. The van der Waals surface area contributed by atoms with Gasteiger partial charge in [0.25, 0.3) is 0 Å². The fourth-order valence-corrected chi connectivity index (χ4v) is 1.73. The van der Waals surface area contributed by atoms with Crippen LogP contribution in [0.2, 0.25) is 0 Å². The van der Waals surface area contributed by atoms with Gasteiger partial charge in [-0.2, -0.15) is 0 Å². The largest absolute Gasteiger partial charge is 0.481 e. The summed E-state index contributed by atoms with van der Waals surface area (Å²) in [6, 6.07) is 0.0878. The molecule has 0 spiro atoms. The molecule has 11 heavy (non-hydrogen) atoms. The van der Waals surface area contributed by atoms with E-state index in [9.17, 15) is 4.79 Å². The minimum atomic E-state index is -0.701. The van der Waals surface area contributed by atoms with Crippen molar-refractivity contribution in [2.45, 2.75) is 38.6 Å². The SMILES string of the molecule is C[C@]1(C(=O)O)CCCC(N)C1. The number of carboxylic acid groups (broad SMARTS) is 1. The van der Waals surface area contributed by atoms with E-state index >= 15 is 0 Å². The third-order valence-corrected chi connectivity index (χ3v) is 2.53. The van der Waals surface area contributed by atoms with Gasteiger partial charge in [-0.15, -0.1) is 0 Å². The second-order valence-corrected chi connectivity index (χ2v) is 3.72. The summed E-state index contributed by atoms with van der Waals surface area (Å²) in [4.78, 5) is 10.8. The second kappa shape index (κ2) is 2.81. The summed E-state index contributed by atoms with van der Waals surface area (Å²) in [7, 11) is 0. The van der Waals surface area contributed by atoms with E-state index in [1.807, 2.05) is 0 Å². The first-order chi connectivity index (χ1) is 5.04. The van der Waals surface area contributed by atoms with E-state index < -0.39 is 11.4 Å². The summed E-state index contributed by atoms with van der Waals surface area (Å²) >= 11 is 0. The van der Waals surface area contributed by atoms with E-state index in [4.69, 9.17) is 10.8 Å². The number of rotatable bonds is 1. The second-order valence-electron chi connectivity index (χ2n) is 3.72. The van der Waals surface area contributed by atoms with Crippen LogP contribution in [0.3, 0.4) is 0 Å². The van der Waals surface area contributed by atoms with E-state index in [1.54, 1.807) is 6.92 Å². The maximum absolute atomic E-state index is 10.8. The van der Waals surface area contributed by atoms with Crippen LogP contribution < -0.4 is 5.73 Å². The predicted octanol–water partition coefficient (Wildman–Crippen LogP) is 0.979. The Balaban J connectivity index is 2.63. The Hall–Kier alpha value is -0.570. The zero-order chi connectivity index (χ0) is 8.48. The van der Waals surface area contributed by atoms with Crippen LogP contribution in [-0.4, -0.2) is 17.1 Å². The van der Waals surface area contributed by atoms with Crippen molar-refractivity contribution >= 4 is 5.97 Å². The third-order valence-electron chi connectivity index (χ3n) is 2.53. The highest BCUT2D eigenvalue weighted by atomic mass is 16.4. The molecular weight excluding hydrogens is 142 g/mol. The van der Waals surface area contributed by atoms with Crippen LogP contribution in [0.1, 0.15) is 32.6 Å². The third kappa shape index (κ3) is 1.71. The van der Waals surface area contributed by atoms with E-state index in [0.717, 1.165) is 19.3 Å². The molecule has 0 amide bonds. The van der Waals surface area contributed by atoms with Gasteiger partial charge in [0.2, 0.25) is 0 Å². The lowest BCUT2D eigenvalue weighted by molar-refractivity contribution is -0.150. The Bertz CT molecular complexity index is 169. The molecule has 1 aliphatic rings. The van der Waals surface area contributed by atoms with E-state index in [2.05, 4.69) is 0 Å². The predicted molar refractivity (Wildman–Crippen MR) is 42.2 cm³/mol. The first-order valence-corrected chi connectivity index (χ1v) is 4.03. The van der Waals surface area contributed by atoms with E-state index in [1.165, 1.54) is 0 Å². The van der Waals surface area contributed by atoms with Gasteiger partial charge in [-0.1, -0.05) is 6.42 Å². The smallest absolute Gasteiger partial charge is 0.309 e. The van der Waals surface area contributed by atoms with Crippen LogP contribution in [0.4, 0.5) is 0 Å². The average molecular weight is 157 g/mol. The van der Waals surface area contributed by atoms with Gasteiger partial charge < -0.3 is 10.8 Å². The van der Waals surface area contributed by atoms with Gasteiger partial charge in [0.05, 0.1) is 5.41 Å². The fraction of sp³-hybridized carbons (Fsp3) is 0.875. The molecular formula is C8H15NO2. The Morgan fingerprint density at radius 1 is 1.73 bits per heavy atom. The zero-order valence-corrected chi connectivity index (χ0v) is 6.84. The molecule has 0 aromatic rings. The summed E-state index contributed by atoms with van der Waals surface area (Å²) in [5.74, 6) is -0.701. The van der Waals surface area contributed by atoms with Crippen LogP contribution in [0, 0.1) is 5.41 Å². The lowest BCUT2D eigenvalue weighted by atomic mass is 9.74. The molecule has 2 atom stereocenters. The molecule has 1 unspecified atom stereocenters. The first kappa shape index (κ1) is 8.53.